The normalized spacial score (nSPS) is 10.4. The number of carbonyl (C=O) groups is 1. The summed E-state index contributed by atoms with van der Waals surface area (Å²) in [5.74, 6) is 0.153. The minimum Gasteiger partial charge on any atom is -0.494 e. The van der Waals surface area contributed by atoms with Crippen LogP contribution >= 0.6 is 34.8 Å². The molecule has 0 aliphatic heterocycles. The van der Waals surface area contributed by atoms with Crippen LogP contribution in [0, 0.1) is 0 Å². The quantitative estimate of drug-likeness (QED) is 0.775. The van der Waals surface area contributed by atoms with E-state index in [4.69, 9.17) is 39.5 Å². The van der Waals surface area contributed by atoms with Crippen molar-refractivity contribution in [2.45, 2.75) is 6.54 Å². The molecule has 0 atom stereocenters. The molecule has 116 valence electrons. The molecule has 2 aromatic rings. The topological polar surface area (TPSA) is 29.5 Å². The molecule has 2 rings (SSSR count). The van der Waals surface area contributed by atoms with E-state index >= 15 is 0 Å². The second-order valence-electron chi connectivity index (χ2n) is 4.73. The number of amides is 1. The van der Waals surface area contributed by atoms with Crippen molar-refractivity contribution >= 4 is 40.7 Å². The summed E-state index contributed by atoms with van der Waals surface area (Å²) in [5, 5.41) is 1.21. The molecule has 0 N–H and O–H groups in total. The van der Waals surface area contributed by atoms with Gasteiger partial charge in [0.15, 0.2) is 5.75 Å². The summed E-state index contributed by atoms with van der Waals surface area (Å²) >= 11 is 18.2. The first-order valence-electron chi connectivity index (χ1n) is 6.46. The highest BCUT2D eigenvalue weighted by Crippen LogP contribution is 2.34. The third-order valence-corrected chi connectivity index (χ3v) is 4.09. The Bertz CT molecular complexity index is 681. The average molecular weight is 359 g/mol. The van der Waals surface area contributed by atoms with Gasteiger partial charge < -0.3 is 9.64 Å². The lowest BCUT2D eigenvalue weighted by molar-refractivity contribution is 0.0785. The minimum absolute atomic E-state index is 0.202. The highest BCUT2D eigenvalue weighted by molar-refractivity contribution is 6.37. The number of benzene rings is 2. The van der Waals surface area contributed by atoms with Crippen molar-refractivity contribution in [2.75, 3.05) is 14.2 Å². The Hall–Kier alpha value is -1.42. The van der Waals surface area contributed by atoms with E-state index in [2.05, 4.69) is 0 Å². The van der Waals surface area contributed by atoms with Gasteiger partial charge >= 0.3 is 0 Å². The van der Waals surface area contributed by atoms with Crippen molar-refractivity contribution in [2.24, 2.45) is 0 Å². The average Bonchev–Trinajstić information content (AvgIpc) is 2.48. The number of rotatable bonds is 4. The van der Waals surface area contributed by atoms with Crippen LogP contribution in [0.1, 0.15) is 15.9 Å². The number of hydrogen-bond donors (Lipinski definition) is 0. The second-order valence-corrected chi connectivity index (χ2v) is 5.95. The van der Waals surface area contributed by atoms with E-state index in [0.717, 1.165) is 5.56 Å². The number of nitrogens with zero attached hydrogens (tertiary/aromatic N) is 1. The van der Waals surface area contributed by atoms with Crippen molar-refractivity contribution in [3.63, 3.8) is 0 Å². The van der Waals surface area contributed by atoms with E-state index in [-0.39, 0.29) is 5.91 Å². The van der Waals surface area contributed by atoms with E-state index < -0.39 is 0 Å². The summed E-state index contributed by atoms with van der Waals surface area (Å²) in [7, 11) is 3.16. The fraction of sp³-hybridized carbons (Fsp3) is 0.188. The van der Waals surface area contributed by atoms with Crippen molar-refractivity contribution in [3.8, 4) is 5.75 Å². The maximum atomic E-state index is 12.5. The van der Waals surface area contributed by atoms with Gasteiger partial charge in [0.25, 0.3) is 5.91 Å². The van der Waals surface area contributed by atoms with Gasteiger partial charge in [0.05, 0.1) is 17.2 Å². The number of halogens is 3. The van der Waals surface area contributed by atoms with Gasteiger partial charge in [-0.3, -0.25) is 4.79 Å². The molecule has 2 aromatic carbocycles. The van der Waals surface area contributed by atoms with Gasteiger partial charge in [0.1, 0.15) is 0 Å². The maximum Gasteiger partial charge on any atom is 0.254 e. The Kier molecular flexibility index (Phi) is 5.57. The molecule has 3 nitrogen and oxygen atoms in total. The van der Waals surface area contributed by atoms with Crippen LogP contribution in [0.5, 0.6) is 5.75 Å². The molecule has 0 fully saturated rings. The fourth-order valence-corrected chi connectivity index (χ4v) is 2.89. The highest BCUT2D eigenvalue weighted by Gasteiger charge is 2.17. The number of methoxy groups -OCH3 is 1. The molecule has 22 heavy (non-hydrogen) atoms. The molecule has 0 saturated carbocycles. The molecule has 0 spiro atoms. The molecular formula is C16H14Cl3NO2. The standard InChI is InChI=1S/C16H14Cl3NO2/c1-20(9-10-5-3-4-6-12(10)17)16(21)11-7-13(18)15(22-2)14(19)8-11/h3-8H,9H2,1-2H3. The fourth-order valence-electron chi connectivity index (χ4n) is 2.05. The summed E-state index contributed by atoms with van der Waals surface area (Å²) in [6.45, 7) is 0.389. The first-order valence-corrected chi connectivity index (χ1v) is 7.59. The van der Waals surface area contributed by atoms with Crippen LogP contribution in [0.4, 0.5) is 0 Å². The monoisotopic (exact) mass is 357 g/mol. The summed E-state index contributed by atoms with van der Waals surface area (Å²) in [4.78, 5) is 14.0. The lowest BCUT2D eigenvalue weighted by atomic mass is 10.1. The minimum atomic E-state index is -0.202. The van der Waals surface area contributed by atoms with Crippen molar-refractivity contribution in [1.82, 2.24) is 4.90 Å². The van der Waals surface area contributed by atoms with E-state index in [0.29, 0.717) is 32.9 Å². The highest BCUT2D eigenvalue weighted by atomic mass is 35.5. The van der Waals surface area contributed by atoms with Gasteiger partial charge in [0, 0.05) is 24.2 Å². The molecule has 0 bridgehead atoms. The maximum absolute atomic E-state index is 12.5. The molecule has 0 saturated heterocycles. The molecular weight excluding hydrogens is 345 g/mol. The molecule has 6 heteroatoms. The molecule has 0 unspecified atom stereocenters. The van der Waals surface area contributed by atoms with E-state index in [1.165, 1.54) is 19.2 Å². The number of hydrogen-bond acceptors (Lipinski definition) is 2. The molecule has 0 heterocycles. The molecule has 1 amide bonds. The van der Waals surface area contributed by atoms with Crippen LogP contribution in [0.2, 0.25) is 15.1 Å². The predicted molar refractivity (Wildman–Crippen MR) is 90.3 cm³/mol. The summed E-state index contributed by atoms with van der Waals surface area (Å²) in [5.41, 5.74) is 1.26. The van der Waals surface area contributed by atoms with E-state index in [1.54, 1.807) is 18.0 Å². The van der Waals surface area contributed by atoms with Gasteiger partial charge in [-0.1, -0.05) is 53.0 Å². The van der Waals surface area contributed by atoms with Crippen LogP contribution in [-0.4, -0.2) is 25.0 Å². The lowest BCUT2D eigenvalue weighted by Gasteiger charge is -2.19. The summed E-state index contributed by atoms with van der Waals surface area (Å²) < 4.78 is 5.08. The third-order valence-electron chi connectivity index (χ3n) is 3.16. The van der Waals surface area contributed by atoms with Crippen LogP contribution in [-0.2, 0) is 6.54 Å². The van der Waals surface area contributed by atoms with Crippen molar-refractivity contribution in [3.05, 3.63) is 62.6 Å². The Labute approximate surface area is 144 Å². The van der Waals surface area contributed by atoms with E-state index in [9.17, 15) is 4.79 Å². The Morgan fingerprint density at radius 1 is 1.09 bits per heavy atom. The van der Waals surface area contributed by atoms with Crippen molar-refractivity contribution < 1.29 is 9.53 Å². The predicted octanol–water partition coefficient (Wildman–Crippen LogP) is 4.93. The van der Waals surface area contributed by atoms with Crippen LogP contribution in [0.25, 0.3) is 0 Å². The zero-order chi connectivity index (χ0) is 16.3. The first kappa shape index (κ1) is 16.9. The summed E-state index contributed by atoms with van der Waals surface area (Å²) in [6, 6.07) is 10.5. The Balaban J connectivity index is 2.23. The molecule has 0 aromatic heterocycles. The third kappa shape index (κ3) is 3.67. The summed E-state index contributed by atoms with van der Waals surface area (Å²) in [6.07, 6.45) is 0. The first-order chi connectivity index (χ1) is 10.4. The van der Waals surface area contributed by atoms with Gasteiger partial charge in [-0.15, -0.1) is 0 Å². The largest absolute Gasteiger partial charge is 0.494 e. The van der Waals surface area contributed by atoms with Gasteiger partial charge in [-0.2, -0.15) is 0 Å². The van der Waals surface area contributed by atoms with Gasteiger partial charge in [-0.25, -0.2) is 0 Å². The van der Waals surface area contributed by atoms with Crippen LogP contribution < -0.4 is 4.74 Å². The molecule has 0 radical (unpaired) electrons. The molecule has 0 aliphatic rings. The number of carbonyl (C=O) groups excluding carboxylic acids is 1. The zero-order valence-electron chi connectivity index (χ0n) is 12.1. The van der Waals surface area contributed by atoms with Gasteiger partial charge in [0.2, 0.25) is 0 Å². The Morgan fingerprint density at radius 3 is 2.23 bits per heavy atom. The Morgan fingerprint density at radius 2 is 1.68 bits per heavy atom. The molecule has 0 aliphatic carbocycles. The zero-order valence-corrected chi connectivity index (χ0v) is 14.3. The van der Waals surface area contributed by atoms with Crippen LogP contribution in [0.3, 0.4) is 0 Å². The van der Waals surface area contributed by atoms with E-state index in [1.807, 2.05) is 18.2 Å². The van der Waals surface area contributed by atoms with Crippen LogP contribution in [0.15, 0.2) is 36.4 Å². The second kappa shape index (κ2) is 7.23. The lowest BCUT2D eigenvalue weighted by Crippen LogP contribution is -2.26. The van der Waals surface area contributed by atoms with Crippen molar-refractivity contribution in [1.29, 1.82) is 0 Å². The smallest absolute Gasteiger partial charge is 0.254 e. The SMILES string of the molecule is COc1c(Cl)cc(C(=O)N(C)Cc2ccccc2Cl)cc1Cl. The number of ether oxygens (including phenoxy) is 1. The van der Waals surface area contributed by atoms with Gasteiger partial charge in [-0.05, 0) is 23.8 Å².